The molecule has 2 rings (SSSR count). The van der Waals surface area contributed by atoms with Gasteiger partial charge in [0.15, 0.2) is 0 Å². The van der Waals surface area contributed by atoms with Gasteiger partial charge in [-0.3, -0.25) is 0 Å². The molecule has 0 atom stereocenters. The molecule has 0 radical (unpaired) electrons. The Morgan fingerprint density at radius 3 is 2.88 bits per heavy atom. The number of halogens is 1. The third-order valence-electron chi connectivity index (χ3n) is 2.44. The molecule has 0 aliphatic rings. The molecule has 0 saturated heterocycles. The minimum absolute atomic E-state index is 0.560. The highest BCUT2D eigenvalue weighted by molar-refractivity contribution is 6.17. The number of aromatic nitrogens is 4. The molecule has 0 amide bonds. The van der Waals surface area contributed by atoms with E-state index >= 15 is 0 Å². The average molecular weight is 241 g/mol. The number of aryl methyl sites for hydroxylation is 3. The van der Waals surface area contributed by atoms with Gasteiger partial charge in [-0.25, -0.2) is 4.68 Å². The van der Waals surface area contributed by atoms with Gasteiger partial charge >= 0.3 is 0 Å². The SMILES string of the molecule is Cc1noc(C)c1Cn1cc(CCCl)nn1. The van der Waals surface area contributed by atoms with Crippen LogP contribution in [0.4, 0.5) is 0 Å². The van der Waals surface area contributed by atoms with E-state index in [0.29, 0.717) is 12.4 Å². The Kier molecular flexibility index (Phi) is 3.24. The van der Waals surface area contributed by atoms with Gasteiger partial charge in [0.05, 0.1) is 17.9 Å². The molecule has 5 nitrogen and oxygen atoms in total. The first-order valence-electron chi connectivity index (χ1n) is 5.07. The smallest absolute Gasteiger partial charge is 0.138 e. The Morgan fingerprint density at radius 1 is 1.44 bits per heavy atom. The highest BCUT2D eigenvalue weighted by Gasteiger charge is 2.10. The van der Waals surface area contributed by atoms with Crippen molar-refractivity contribution in [3.05, 3.63) is 28.9 Å². The number of nitrogens with zero attached hydrogens (tertiary/aromatic N) is 4. The first-order chi connectivity index (χ1) is 7.70. The molecule has 2 aromatic rings. The Labute approximate surface area is 98.4 Å². The summed E-state index contributed by atoms with van der Waals surface area (Å²) < 4.78 is 6.86. The molecule has 0 bridgehead atoms. The van der Waals surface area contributed by atoms with Gasteiger partial charge in [-0.15, -0.1) is 16.7 Å². The molecule has 0 unspecified atom stereocenters. The van der Waals surface area contributed by atoms with E-state index in [4.69, 9.17) is 16.1 Å². The van der Waals surface area contributed by atoms with E-state index in [9.17, 15) is 0 Å². The van der Waals surface area contributed by atoms with Crippen molar-refractivity contribution in [2.75, 3.05) is 5.88 Å². The van der Waals surface area contributed by atoms with Crippen LogP contribution < -0.4 is 0 Å². The monoisotopic (exact) mass is 240 g/mol. The summed E-state index contributed by atoms with van der Waals surface area (Å²) in [5, 5.41) is 12.0. The Balaban J connectivity index is 2.14. The molecule has 2 heterocycles. The quantitative estimate of drug-likeness (QED) is 0.764. The summed E-state index contributed by atoms with van der Waals surface area (Å²) in [6, 6.07) is 0. The van der Waals surface area contributed by atoms with E-state index in [1.807, 2.05) is 20.0 Å². The van der Waals surface area contributed by atoms with E-state index < -0.39 is 0 Å². The van der Waals surface area contributed by atoms with Crippen LogP contribution in [0.25, 0.3) is 0 Å². The zero-order valence-electron chi connectivity index (χ0n) is 9.27. The fraction of sp³-hybridized carbons (Fsp3) is 0.500. The van der Waals surface area contributed by atoms with Crippen molar-refractivity contribution in [1.82, 2.24) is 20.2 Å². The first-order valence-corrected chi connectivity index (χ1v) is 5.61. The summed E-state index contributed by atoms with van der Waals surface area (Å²) in [7, 11) is 0. The molecule has 6 heteroatoms. The van der Waals surface area contributed by atoms with Gasteiger partial charge in [-0.05, 0) is 13.8 Å². The summed E-state index contributed by atoms with van der Waals surface area (Å²) in [5.41, 5.74) is 2.86. The molecule has 0 aliphatic carbocycles. The van der Waals surface area contributed by atoms with Crippen LogP contribution in [0, 0.1) is 13.8 Å². The summed E-state index contributed by atoms with van der Waals surface area (Å²) in [5.74, 6) is 1.39. The number of hydrogen-bond acceptors (Lipinski definition) is 4. The van der Waals surface area contributed by atoms with E-state index in [1.165, 1.54) is 0 Å². The third kappa shape index (κ3) is 2.24. The number of alkyl halides is 1. The molecular formula is C10H13ClN4O. The van der Waals surface area contributed by atoms with Gasteiger partial charge in [0.25, 0.3) is 0 Å². The predicted octanol–water partition coefficient (Wildman–Crippen LogP) is 1.71. The lowest BCUT2D eigenvalue weighted by Crippen LogP contribution is -2.02. The molecule has 0 fully saturated rings. The minimum atomic E-state index is 0.560. The molecular weight excluding hydrogens is 228 g/mol. The normalized spacial score (nSPS) is 10.9. The molecule has 0 N–H and O–H groups in total. The lowest BCUT2D eigenvalue weighted by atomic mass is 10.2. The second kappa shape index (κ2) is 4.65. The third-order valence-corrected chi connectivity index (χ3v) is 2.63. The molecule has 2 aromatic heterocycles. The van der Waals surface area contributed by atoms with Crippen LogP contribution >= 0.6 is 11.6 Å². The maximum Gasteiger partial charge on any atom is 0.138 e. The zero-order valence-corrected chi connectivity index (χ0v) is 10.0. The van der Waals surface area contributed by atoms with E-state index in [0.717, 1.165) is 29.1 Å². The van der Waals surface area contributed by atoms with Crippen molar-refractivity contribution in [2.45, 2.75) is 26.8 Å². The van der Waals surface area contributed by atoms with Crippen LogP contribution in [0.15, 0.2) is 10.7 Å². The van der Waals surface area contributed by atoms with Crippen LogP contribution in [0.3, 0.4) is 0 Å². The van der Waals surface area contributed by atoms with Gasteiger partial charge in [0.1, 0.15) is 5.76 Å². The van der Waals surface area contributed by atoms with Crippen LogP contribution in [-0.4, -0.2) is 26.0 Å². The average Bonchev–Trinajstić information content (AvgIpc) is 2.81. The molecule has 0 spiro atoms. The van der Waals surface area contributed by atoms with Crippen molar-refractivity contribution in [3.8, 4) is 0 Å². The molecule has 0 aliphatic heterocycles. The fourth-order valence-electron chi connectivity index (χ4n) is 1.52. The van der Waals surface area contributed by atoms with Crippen molar-refractivity contribution in [3.63, 3.8) is 0 Å². The lowest BCUT2D eigenvalue weighted by molar-refractivity contribution is 0.391. The van der Waals surface area contributed by atoms with Gasteiger partial charge in [0.2, 0.25) is 0 Å². The van der Waals surface area contributed by atoms with Crippen LogP contribution in [-0.2, 0) is 13.0 Å². The summed E-state index contributed by atoms with van der Waals surface area (Å²) in [6.45, 7) is 4.45. The number of hydrogen-bond donors (Lipinski definition) is 0. The van der Waals surface area contributed by atoms with Crippen LogP contribution in [0.5, 0.6) is 0 Å². The van der Waals surface area contributed by atoms with Gasteiger partial charge in [-0.2, -0.15) is 0 Å². The molecule has 0 aromatic carbocycles. The predicted molar refractivity (Wildman–Crippen MR) is 59.5 cm³/mol. The number of rotatable bonds is 4. The van der Waals surface area contributed by atoms with Gasteiger partial charge in [-0.1, -0.05) is 10.4 Å². The van der Waals surface area contributed by atoms with Crippen LogP contribution in [0.2, 0.25) is 0 Å². The van der Waals surface area contributed by atoms with E-state index in [2.05, 4.69) is 15.5 Å². The van der Waals surface area contributed by atoms with Crippen molar-refractivity contribution in [2.24, 2.45) is 0 Å². The van der Waals surface area contributed by atoms with E-state index in [1.54, 1.807) is 4.68 Å². The van der Waals surface area contributed by atoms with Gasteiger partial charge < -0.3 is 4.52 Å². The second-order valence-electron chi connectivity index (χ2n) is 3.65. The Morgan fingerprint density at radius 2 is 2.25 bits per heavy atom. The highest BCUT2D eigenvalue weighted by Crippen LogP contribution is 2.13. The summed E-state index contributed by atoms with van der Waals surface area (Å²) in [6.07, 6.45) is 2.64. The summed E-state index contributed by atoms with van der Waals surface area (Å²) >= 11 is 5.64. The summed E-state index contributed by atoms with van der Waals surface area (Å²) in [4.78, 5) is 0. The Bertz CT molecular complexity index is 457. The molecule has 86 valence electrons. The second-order valence-corrected chi connectivity index (χ2v) is 4.03. The van der Waals surface area contributed by atoms with Crippen LogP contribution in [0.1, 0.15) is 22.7 Å². The van der Waals surface area contributed by atoms with Crippen molar-refractivity contribution >= 4 is 11.6 Å². The maximum atomic E-state index is 5.64. The van der Waals surface area contributed by atoms with Gasteiger partial charge in [0, 0.05) is 24.1 Å². The minimum Gasteiger partial charge on any atom is -0.361 e. The largest absolute Gasteiger partial charge is 0.361 e. The Hall–Kier alpha value is -1.36. The molecule has 0 saturated carbocycles. The zero-order chi connectivity index (χ0) is 11.5. The highest BCUT2D eigenvalue weighted by atomic mass is 35.5. The maximum absolute atomic E-state index is 5.64. The van der Waals surface area contributed by atoms with Crippen molar-refractivity contribution in [1.29, 1.82) is 0 Å². The standard InChI is InChI=1S/C10H13ClN4O/c1-7-10(8(2)16-13-7)6-15-5-9(3-4-11)12-14-15/h5H,3-4,6H2,1-2H3. The first kappa shape index (κ1) is 11.1. The topological polar surface area (TPSA) is 56.7 Å². The van der Waals surface area contributed by atoms with E-state index in [-0.39, 0.29) is 0 Å². The van der Waals surface area contributed by atoms with Crippen molar-refractivity contribution < 1.29 is 4.52 Å². The molecule has 16 heavy (non-hydrogen) atoms. The lowest BCUT2D eigenvalue weighted by Gasteiger charge is -1.98. The fourth-order valence-corrected chi connectivity index (χ4v) is 1.71.